The van der Waals surface area contributed by atoms with Crippen LogP contribution in [0.1, 0.15) is 25.5 Å². The first kappa shape index (κ1) is 18.7. The maximum Gasteiger partial charge on any atom is 0.255 e. The van der Waals surface area contributed by atoms with E-state index in [-0.39, 0.29) is 11.9 Å². The highest BCUT2D eigenvalue weighted by Crippen LogP contribution is 2.32. The summed E-state index contributed by atoms with van der Waals surface area (Å²) in [6.45, 7) is 4.45. The second-order valence-electron chi connectivity index (χ2n) is 6.97. The summed E-state index contributed by atoms with van der Waals surface area (Å²) in [6, 6.07) is 7.59. The van der Waals surface area contributed by atoms with Crippen LogP contribution in [0.25, 0.3) is 0 Å². The van der Waals surface area contributed by atoms with Crippen molar-refractivity contribution < 1.29 is 9.53 Å². The molecular weight excluding hydrogens is 370 g/mol. The molecule has 9 nitrogen and oxygen atoms in total. The standard InChI is InChI=1S/C20H23N7O2/c1-13-18(14(2)27-20(25(13)3)21-12-23-27)19(28)24-16-9-22-26(11-16)10-15-5-7-17(29-4)8-6-15/h5-9,11-12,14H,10H2,1-4H3,(H,24,28). The van der Waals surface area contributed by atoms with Gasteiger partial charge in [0.1, 0.15) is 12.1 Å². The van der Waals surface area contributed by atoms with E-state index in [0.717, 1.165) is 23.0 Å². The van der Waals surface area contributed by atoms with Crippen LogP contribution in [0, 0.1) is 0 Å². The van der Waals surface area contributed by atoms with E-state index in [1.807, 2.05) is 56.3 Å². The third-order valence-corrected chi connectivity index (χ3v) is 5.17. The molecule has 1 unspecified atom stereocenters. The minimum atomic E-state index is -0.210. The smallest absolute Gasteiger partial charge is 0.255 e. The number of carbonyl (C=O) groups excluding carboxylic acids is 1. The van der Waals surface area contributed by atoms with Gasteiger partial charge in [0.05, 0.1) is 37.2 Å². The van der Waals surface area contributed by atoms with Crippen LogP contribution in [0.15, 0.2) is 54.3 Å². The highest BCUT2D eigenvalue weighted by atomic mass is 16.5. The van der Waals surface area contributed by atoms with Crippen molar-refractivity contribution in [2.75, 3.05) is 24.4 Å². The fraction of sp³-hybridized carbons (Fsp3) is 0.300. The van der Waals surface area contributed by atoms with E-state index in [1.54, 1.807) is 22.7 Å². The Morgan fingerprint density at radius 3 is 2.72 bits per heavy atom. The number of methoxy groups -OCH3 is 1. The molecule has 0 aliphatic carbocycles. The van der Waals surface area contributed by atoms with Crippen LogP contribution in [0.3, 0.4) is 0 Å². The van der Waals surface area contributed by atoms with Gasteiger partial charge in [0, 0.05) is 18.9 Å². The number of aromatic nitrogens is 5. The summed E-state index contributed by atoms with van der Waals surface area (Å²) in [5.41, 5.74) is 3.23. The van der Waals surface area contributed by atoms with Crippen LogP contribution in [-0.4, -0.2) is 44.6 Å². The fourth-order valence-electron chi connectivity index (χ4n) is 3.50. The van der Waals surface area contributed by atoms with Crippen LogP contribution in [0.2, 0.25) is 0 Å². The van der Waals surface area contributed by atoms with E-state index in [2.05, 4.69) is 20.5 Å². The first-order chi connectivity index (χ1) is 14.0. The number of amides is 1. The largest absolute Gasteiger partial charge is 0.497 e. The Bertz CT molecular complexity index is 1060. The van der Waals surface area contributed by atoms with E-state index in [1.165, 1.54) is 6.33 Å². The van der Waals surface area contributed by atoms with Crippen LogP contribution < -0.4 is 15.0 Å². The molecule has 2 aromatic heterocycles. The van der Waals surface area contributed by atoms with Gasteiger partial charge in [-0.1, -0.05) is 12.1 Å². The molecule has 3 aromatic rings. The van der Waals surface area contributed by atoms with E-state index in [9.17, 15) is 4.79 Å². The summed E-state index contributed by atoms with van der Waals surface area (Å²) >= 11 is 0. The molecule has 3 heterocycles. The number of hydrogen-bond donors (Lipinski definition) is 1. The van der Waals surface area contributed by atoms with Crippen LogP contribution in [-0.2, 0) is 11.3 Å². The second-order valence-corrected chi connectivity index (χ2v) is 6.97. The van der Waals surface area contributed by atoms with Crippen molar-refractivity contribution in [2.45, 2.75) is 26.4 Å². The average Bonchev–Trinajstić information content (AvgIpc) is 3.37. The Hall–Kier alpha value is -3.62. The Morgan fingerprint density at radius 1 is 1.24 bits per heavy atom. The maximum atomic E-state index is 13.0. The van der Waals surface area contributed by atoms with Gasteiger partial charge in [0.2, 0.25) is 5.95 Å². The van der Waals surface area contributed by atoms with Crippen LogP contribution in [0.4, 0.5) is 11.6 Å². The Morgan fingerprint density at radius 2 is 2.00 bits per heavy atom. The number of nitrogens with one attached hydrogen (secondary N) is 1. The molecule has 0 radical (unpaired) electrons. The lowest BCUT2D eigenvalue weighted by Gasteiger charge is -2.31. The molecule has 1 aliphatic heterocycles. The topological polar surface area (TPSA) is 90.1 Å². The zero-order chi connectivity index (χ0) is 20.5. The Labute approximate surface area is 168 Å². The third kappa shape index (κ3) is 3.46. The summed E-state index contributed by atoms with van der Waals surface area (Å²) in [7, 11) is 3.52. The molecule has 0 saturated heterocycles. The molecular formula is C20H23N7O2. The van der Waals surface area contributed by atoms with Gasteiger partial charge in [0.25, 0.3) is 5.91 Å². The SMILES string of the molecule is COc1ccc(Cn2cc(NC(=O)C3=C(C)N(C)c4ncnn4C3C)cn2)cc1. The van der Waals surface area contributed by atoms with E-state index >= 15 is 0 Å². The number of hydrogen-bond acceptors (Lipinski definition) is 6. The van der Waals surface area contributed by atoms with Crippen molar-refractivity contribution in [3.63, 3.8) is 0 Å². The summed E-state index contributed by atoms with van der Waals surface area (Å²) in [4.78, 5) is 19.1. The fourth-order valence-corrected chi connectivity index (χ4v) is 3.50. The molecule has 1 atom stereocenters. The van der Waals surface area contributed by atoms with Gasteiger partial charge in [-0.15, -0.1) is 0 Å². The Kier molecular flexibility index (Phi) is 4.79. The number of rotatable bonds is 5. The summed E-state index contributed by atoms with van der Waals surface area (Å²) in [5.74, 6) is 1.36. The summed E-state index contributed by atoms with van der Waals surface area (Å²) < 4.78 is 8.71. The van der Waals surface area contributed by atoms with Crippen LogP contribution in [0.5, 0.6) is 5.75 Å². The number of nitrogens with zero attached hydrogens (tertiary/aromatic N) is 6. The first-order valence-electron chi connectivity index (χ1n) is 9.28. The van der Waals surface area contributed by atoms with Gasteiger partial charge >= 0.3 is 0 Å². The predicted octanol–water partition coefficient (Wildman–Crippen LogP) is 2.46. The Balaban J connectivity index is 1.48. The maximum absolute atomic E-state index is 13.0. The van der Waals surface area contributed by atoms with E-state index < -0.39 is 0 Å². The van der Waals surface area contributed by atoms with Gasteiger partial charge in [-0.2, -0.15) is 15.2 Å². The van der Waals surface area contributed by atoms with Gasteiger partial charge in [0.15, 0.2) is 0 Å². The molecule has 1 amide bonds. The molecule has 0 saturated carbocycles. The number of ether oxygens (including phenoxy) is 1. The van der Waals surface area contributed by atoms with Gasteiger partial charge in [-0.25, -0.2) is 4.68 Å². The zero-order valence-electron chi connectivity index (χ0n) is 16.8. The number of benzene rings is 1. The molecule has 1 aliphatic rings. The molecule has 0 bridgehead atoms. The molecule has 0 fully saturated rings. The lowest BCUT2D eigenvalue weighted by molar-refractivity contribution is -0.113. The minimum Gasteiger partial charge on any atom is -0.497 e. The molecule has 1 aromatic carbocycles. The first-order valence-corrected chi connectivity index (χ1v) is 9.28. The average molecular weight is 393 g/mol. The highest BCUT2D eigenvalue weighted by molar-refractivity contribution is 6.05. The van der Waals surface area contributed by atoms with Gasteiger partial charge < -0.3 is 15.0 Å². The van der Waals surface area contributed by atoms with Crippen LogP contribution >= 0.6 is 0 Å². The summed E-state index contributed by atoms with van der Waals surface area (Å²) in [6.07, 6.45) is 4.96. The third-order valence-electron chi connectivity index (χ3n) is 5.17. The molecule has 9 heteroatoms. The quantitative estimate of drug-likeness (QED) is 0.716. The molecule has 4 rings (SSSR count). The number of fused-ring (bicyclic) bond motifs is 1. The predicted molar refractivity (Wildman–Crippen MR) is 109 cm³/mol. The van der Waals surface area contributed by atoms with Crippen molar-refractivity contribution >= 4 is 17.5 Å². The van der Waals surface area contributed by atoms with E-state index in [0.29, 0.717) is 17.8 Å². The van der Waals surface area contributed by atoms with Crippen molar-refractivity contribution in [3.05, 3.63) is 59.8 Å². The van der Waals surface area contributed by atoms with Crippen molar-refractivity contribution in [1.82, 2.24) is 24.5 Å². The molecule has 0 spiro atoms. The van der Waals surface area contributed by atoms with Crippen molar-refractivity contribution in [2.24, 2.45) is 0 Å². The second kappa shape index (κ2) is 7.42. The monoisotopic (exact) mass is 393 g/mol. The zero-order valence-corrected chi connectivity index (χ0v) is 16.8. The number of allylic oxidation sites excluding steroid dienone is 1. The normalized spacial score (nSPS) is 16.0. The molecule has 150 valence electrons. The lowest BCUT2D eigenvalue weighted by Crippen LogP contribution is -2.34. The summed E-state index contributed by atoms with van der Waals surface area (Å²) in [5, 5.41) is 11.6. The molecule has 1 N–H and O–H groups in total. The minimum absolute atomic E-state index is 0.174. The van der Waals surface area contributed by atoms with Crippen molar-refractivity contribution in [3.8, 4) is 5.75 Å². The lowest BCUT2D eigenvalue weighted by atomic mass is 10.0. The van der Waals surface area contributed by atoms with Crippen molar-refractivity contribution in [1.29, 1.82) is 0 Å². The van der Waals surface area contributed by atoms with Gasteiger partial charge in [-0.3, -0.25) is 9.48 Å². The molecule has 29 heavy (non-hydrogen) atoms. The number of anilines is 2. The highest BCUT2D eigenvalue weighted by Gasteiger charge is 2.31. The van der Waals surface area contributed by atoms with E-state index in [4.69, 9.17) is 4.74 Å². The van der Waals surface area contributed by atoms with Gasteiger partial charge in [-0.05, 0) is 31.5 Å². The number of carbonyl (C=O) groups is 1.